The number of nitrogens with one attached hydrogen (secondary N) is 1. The Labute approximate surface area is 119 Å². The second-order valence-electron chi connectivity index (χ2n) is 4.51. The van der Waals surface area contributed by atoms with Crippen LogP contribution >= 0.6 is 11.6 Å². The molecule has 0 amide bonds. The maximum atomic E-state index is 12.2. The number of hydrogen-bond donors (Lipinski definition) is 1. The van der Waals surface area contributed by atoms with E-state index in [9.17, 15) is 18.0 Å². The van der Waals surface area contributed by atoms with Gasteiger partial charge in [-0.1, -0.05) is 38.3 Å². The van der Waals surface area contributed by atoms with E-state index >= 15 is 0 Å². The number of halogens is 4. The van der Waals surface area contributed by atoms with Crippen molar-refractivity contribution in [2.24, 2.45) is 5.92 Å². The lowest BCUT2D eigenvalue weighted by Gasteiger charge is -2.15. The van der Waals surface area contributed by atoms with Crippen LogP contribution in [0.1, 0.15) is 26.7 Å². The molecule has 0 unspecified atom stereocenters. The van der Waals surface area contributed by atoms with Crippen LogP contribution < -0.4 is 10.9 Å². The zero-order valence-electron chi connectivity index (χ0n) is 11.3. The average Bonchev–Trinajstić information content (AvgIpc) is 2.37. The number of alkyl halides is 3. The zero-order chi connectivity index (χ0) is 15.3. The minimum absolute atomic E-state index is 0.266. The van der Waals surface area contributed by atoms with Gasteiger partial charge in [0.25, 0.3) is 5.56 Å². The number of nitrogens with zero attached hydrogens (tertiary/aromatic N) is 2. The molecule has 0 spiro atoms. The van der Waals surface area contributed by atoms with E-state index in [1.165, 1.54) is 0 Å². The van der Waals surface area contributed by atoms with Crippen LogP contribution in [0.5, 0.6) is 0 Å². The van der Waals surface area contributed by atoms with Gasteiger partial charge in [0.15, 0.2) is 0 Å². The highest BCUT2D eigenvalue weighted by Gasteiger charge is 2.29. The maximum absolute atomic E-state index is 12.2. The highest BCUT2D eigenvalue weighted by molar-refractivity contribution is 6.32. The van der Waals surface area contributed by atoms with Crippen molar-refractivity contribution in [1.29, 1.82) is 0 Å². The number of rotatable bonds is 6. The van der Waals surface area contributed by atoms with Crippen molar-refractivity contribution in [3.8, 4) is 0 Å². The minimum atomic E-state index is -4.51. The summed E-state index contributed by atoms with van der Waals surface area (Å²) in [5.74, 6) is 0.406. The van der Waals surface area contributed by atoms with Crippen LogP contribution in [0.3, 0.4) is 0 Å². The van der Waals surface area contributed by atoms with E-state index in [1.54, 1.807) is 0 Å². The maximum Gasteiger partial charge on any atom is 0.408 e. The molecule has 0 aliphatic carbocycles. The van der Waals surface area contributed by atoms with Crippen molar-refractivity contribution >= 4 is 17.3 Å². The third kappa shape index (κ3) is 4.70. The second kappa shape index (κ2) is 6.97. The van der Waals surface area contributed by atoms with Crippen LogP contribution in [-0.4, -0.2) is 22.5 Å². The van der Waals surface area contributed by atoms with E-state index in [0.29, 0.717) is 17.1 Å². The SMILES string of the molecule is CCC(CC)CNc1cnn(CC(F)(F)F)c(=O)c1Cl. The molecule has 0 aliphatic heterocycles. The first-order valence-corrected chi connectivity index (χ1v) is 6.72. The summed E-state index contributed by atoms with van der Waals surface area (Å²) in [5, 5.41) is 6.18. The van der Waals surface area contributed by atoms with Gasteiger partial charge in [-0.05, 0) is 5.92 Å². The highest BCUT2D eigenvalue weighted by atomic mass is 35.5. The normalized spacial score (nSPS) is 11.9. The molecule has 0 aliphatic rings. The Morgan fingerprint density at radius 3 is 2.50 bits per heavy atom. The van der Waals surface area contributed by atoms with Crippen LogP contribution in [0.15, 0.2) is 11.0 Å². The molecule has 0 atom stereocenters. The smallest absolute Gasteiger partial charge is 0.382 e. The summed E-state index contributed by atoms with van der Waals surface area (Å²) in [7, 11) is 0. The molecular formula is C12H17ClF3N3O. The van der Waals surface area contributed by atoms with Crippen LogP contribution in [0.25, 0.3) is 0 Å². The fourth-order valence-corrected chi connectivity index (χ4v) is 1.92. The van der Waals surface area contributed by atoms with Gasteiger partial charge in [-0.15, -0.1) is 0 Å². The van der Waals surface area contributed by atoms with Crippen molar-refractivity contribution < 1.29 is 13.2 Å². The molecule has 1 heterocycles. The summed E-state index contributed by atoms with van der Waals surface area (Å²) >= 11 is 5.79. The van der Waals surface area contributed by atoms with Crippen LogP contribution in [-0.2, 0) is 6.54 Å². The monoisotopic (exact) mass is 311 g/mol. The summed E-state index contributed by atoms with van der Waals surface area (Å²) in [6, 6.07) is 0. The van der Waals surface area contributed by atoms with Gasteiger partial charge in [0.05, 0.1) is 11.9 Å². The van der Waals surface area contributed by atoms with Crippen molar-refractivity contribution in [1.82, 2.24) is 9.78 Å². The molecular weight excluding hydrogens is 295 g/mol. The van der Waals surface area contributed by atoms with Crippen molar-refractivity contribution in [2.45, 2.75) is 39.4 Å². The molecule has 4 nitrogen and oxygen atoms in total. The van der Waals surface area contributed by atoms with Gasteiger partial charge >= 0.3 is 6.18 Å². The second-order valence-corrected chi connectivity index (χ2v) is 4.89. The fraction of sp³-hybridized carbons (Fsp3) is 0.667. The summed E-state index contributed by atoms with van der Waals surface area (Å²) < 4.78 is 37.0. The van der Waals surface area contributed by atoms with Gasteiger partial charge in [0, 0.05) is 6.54 Å². The zero-order valence-corrected chi connectivity index (χ0v) is 12.1. The Hall–Kier alpha value is -1.24. The van der Waals surface area contributed by atoms with Gasteiger partial charge in [-0.3, -0.25) is 4.79 Å². The lowest BCUT2D eigenvalue weighted by molar-refractivity contribution is -0.143. The first-order valence-electron chi connectivity index (χ1n) is 6.34. The average molecular weight is 312 g/mol. The first kappa shape index (κ1) is 16.8. The Balaban J connectivity index is 2.87. The summed E-state index contributed by atoms with van der Waals surface area (Å²) in [6.45, 7) is 3.23. The van der Waals surface area contributed by atoms with Crippen LogP contribution in [0.2, 0.25) is 5.02 Å². The Kier molecular flexibility index (Phi) is 5.86. The molecule has 0 saturated carbocycles. The van der Waals surface area contributed by atoms with Gasteiger partial charge < -0.3 is 5.32 Å². The van der Waals surface area contributed by atoms with Crippen molar-refractivity contribution in [2.75, 3.05) is 11.9 Å². The quantitative estimate of drug-likeness (QED) is 0.877. The minimum Gasteiger partial charge on any atom is -0.382 e. The molecule has 0 radical (unpaired) electrons. The molecule has 1 aromatic rings. The van der Waals surface area contributed by atoms with Crippen LogP contribution in [0, 0.1) is 5.92 Å². The van der Waals surface area contributed by atoms with Crippen LogP contribution in [0.4, 0.5) is 18.9 Å². The molecule has 20 heavy (non-hydrogen) atoms. The molecule has 1 N–H and O–H groups in total. The van der Waals surface area contributed by atoms with Gasteiger partial charge in [0.2, 0.25) is 0 Å². The number of anilines is 1. The Bertz CT molecular complexity index is 498. The van der Waals surface area contributed by atoms with E-state index in [2.05, 4.69) is 10.4 Å². The lowest BCUT2D eigenvalue weighted by atomic mass is 10.0. The summed E-state index contributed by atoms with van der Waals surface area (Å²) in [4.78, 5) is 11.7. The third-order valence-corrected chi connectivity index (χ3v) is 3.42. The van der Waals surface area contributed by atoms with Gasteiger partial charge in [-0.25, -0.2) is 4.68 Å². The standard InChI is InChI=1S/C12H17ClF3N3O/c1-3-8(4-2)5-17-9-6-18-19(7-12(14,15)16)11(20)10(9)13/h6,8,17H,3-5,7H2,1-2H3. The molecule has 8 heteroatoms. The number of hydrogen-bond acceptors (Lipinski definition) is 3. The first-order chi connectivity index (χ1) is 9.28. The fourth-order valence-electron chi connectivity index (χ4n) is 1.70. The predicted molar refractivity (Wildman–Crippen MR) is 72.1 cm³/mol. The Morgan fingerprint density at radius 2 is 2.00 bits per heavy atom. The molecule has 1 aromatic heterocycles. The largest absolute Gasteiger partial charge is 0.408 e. The van der Waals surface area contributed by atoms with E-state index in [-0.39, 0.29) is 10.7 Å². The topological polar surface area (TPSA) is 46.9 Å². The lowest BCUT2D eigenvalue weighted by Crippen LogP contribution is -2.31. The predicted octanol–water partition coefficient (Wildman–Crippen LogP) is 3.31. The molecule has 0 fully saturated rings. The summed E-state index contributed by atoms with van der Waals surface area (Å²) in [6.07, 6.45) is -1.44. The summed E-state index contributed by atoms with van der Waals surface area (Å²) in [5.41, 5.74) is -0.680. The molecule has 114 valence electrons. The van der Waals surface area contributed by atoms with E-state index < -0.39 is 18.3 Å². The van der Waals surface area contributed by atoms with E-state index in [1.807, 2.05) is 13.8 Å². The molecule has 0 bridgehead atoms. The molecule has 0 aromatic carbocycles. The van der Waals surface area contributed by atoms with Crippen molar-refractivity contribution in [3.63, 3.8) is 0 Å². The van der Waals surface area contributed by atoms with E-state index in [0.717, 1.165) is 19.0 Å². The third-order valence-electron chi connectivity index (χ3n) is 3.05. The molecule has 1 rings (SSSR count). The van der Waals surface area contributed by atoms with Crippen molar-refractivity contribution in [3.05, 3.63) is 21.6 Å². The highest BCUT2D eigenvalue weighted by Crippen LogP contribution is 2.20. The van der Waals surface area contributed by atoms with Gasteiger partial charge in [0.1, 0.15) is 11.6 Å². The molecule has 0 saturated heterocycles. The van der Waals surface area contributed by atoms with E-state index in [4.69, 9.17) is 11.6 Å². The number of aromatic nitrogens is 2. The Morgan fingerprint density at radius 1 is 1.40 bits per heavy atom. The van der Waals surface area contributed by atoms with Gasteiger partial charge in [-0.2, -0.15) is 18.3 Å².